The van der Waals surface area contributed by atoms with E-state index in [-0.39, 0.29) is 43.0 Å². The summed E-state index contributed by atoms with van der Waals surface area (Å²) in [5, 5.41) is 9.03. The molecule has 1 N–H and O–H groups in total. The van der Waals surface area contributed by atoms with Gasteiger partial charge in [0.05, 0.1) is 11.8 Å². The maximum Gasteiger partial charge on any atom is 0.309 e. The molecule has 0 aliphatic carbocycles. The molecule has 2 unspecified atom stereocenters. The summed E-state index contributed by atoms with van der Waals surface area (Å²) in [5.41, 5.74) is 0. The smallest absolute Gasteiger partial charge is 0.309 e. The summed E-state index contributed by atoms with van der Waals surface area (Å²) < 4.78 is 16.8. The fourth-order valence-corrected chi connectivity index (χ4v) is 7.34. The van der Waals surface area contributed by atoms with Crippen LogP contribution in [0.4, 0.5) is 0 Å². The number of carbonyl (C=O) groups is 4. The molecule has 0 amide bonds. The van der Waals surface area contributed by atoms with E-state index >= 15 is 0 Å². The molecule has 0 aromatic carbocycles. The summed E-state index contributed by atoms with van der Waals surface area (Å²) in [4.78, 5) is 49.2. The lowest BCUT2D eigenvalue weighted by Gasteiger charge is -2.20. The first kappa shape index (κ1) is 54.9. The Kier molecular flexibility index (Phi) is 40.5. The molecule has 0 aliphatic heterocycles. The number of carbonyl (C=O) groups excluding carboxylic acids is 3. The Hall–Kier alpha value is -2.12. The summed E-state index contributed by atoms with van der Waals surface area (Å²) in [7, 11) is 0. The Morgan fingerprint density at radius 2 is 0.684 bits per heavy atom. The zero-order valence-electron chi connectivity index (χ0n) is 37.9. The van der Waals surface area contributed by atoms with Gasteiger partial charge in [-0.1, -0.05) is 220 Å². The molecule has 0 spiro atoms. The van der Waals surface area contributed by atoms with Crippen LogP contribution >= 0.6 is 0 Å². The van der Waals surface area contributed by atoms with E-state index in [1.165, 1.54) is 128 Å². The molecule has 0 saturated carbocycles. The molecule has 0 bridgehead atoms. The van der Waals surface area contributed by atoms with E-state index in [0.717, 1.165) is 77.0 Å². The van der Waals surface area contributed by atoms with Crippen LogP contribution < -0.4 is 0 Å². The molecule has 0 saturated heterocycles. The number of unbranched alkanes of at least 4 members (excludes halogenated alkanes) is 29. The minimum absolute atomic E-state index is 0.109. The van der Waals surface area contributed by atoms with Crippen molar-refractivity contribution in [2.45, 2.75) is 265 Å². The van der Waals surface area contributed by atoms with Crippen LogP contribution in [0.1, 0.15) is 259 Å². The van der Waals surface area contributed by atoms with Gasteiger partial charge >= 0.3 is 23.9 Å². The monoisotopic (exact) mass is 809 g/mol. The van der Waals surface area contributed by atoms with Gasteiger partial charge in [-0.25, -0.2) is 0 Å². The predicted octanol–water partition coefficient (Wildman–Crippen LogP) is 14.4. The van der Waals surface area contributed by atoms with Crippen LogP contribution in [-0.4, -0.2) is 48.3 Å². The van der Waals surface area contributed by atoms with E-state index in [1.807, 2.05) is 6.92 Å². The minimum Gasteiger partial charge on any atom is -0.481 e. The molecule has 0 aliphatic rings. The van der Waals surface area contributed by atoms with E-state index in [0.29, 0.717) is 25.7 Å². The lowest BCUT2D eigenvalue weighted by atomic mass is 10.00. The molecule has 57 heavy (non-hydrogen) atoms. The lowest BCUT2D eigenvalue weighted by molar-refractivity contribution is -0.169. The fraction of sp³-hybridized carbons (Fsp3) is 0.918. The van der Waals surface area contributed by atoms with Crippen LogP contribution in [0.3, 0.4) is 0 Å². The Bertz CT molecular complexity index is 890. The molecule has 0 rings (SSSR count). The van der Waals surface area contributed by atoms with Crippen molar-refractivity contribution in [2.75, 3.05) is 13.2 Å². The van der Waals surface area contributed by atoms with E-state index in [2.05, 4.69) is 13.8 Å². The maximum absolute atomic E-state index is 13.0. The average molecular weight is 809 g/mol. The molecular formula is C49H92O8. The summed E-state index contributed by atoms with van der Waals surface area (Å²) in [6, 6.07) is 0. The van der Waals surface area contributed by atoms with Gasteiger partial charge in [0.15, 0.2) is 6.10 Å². The van der Waals surface area contributed by atoms with Crippen molar-refractivity contribution in [3.8, 4) is 0 Å². The van der Waals surface area contributed by atoms with Crippen molar-refractivity contribution < 1.29 is 38.5 Å². The van der Waals surface area contributed by atoms with Gasteiger partial charge in [-0.3, -0.25) is 19.2 Å². The molecule has 0 radical (unpaired) electrons. The van der Waals surface area contributed by atoms with E-state index in [4.69, 9.17) is 19.3 Å². The summed E-state index contributed by atoms with van der Waals surface area (Å²) in [6.45, 7) is 7.90. The van der Waals surface area contributed by atoms with Crippen molar-refractivity contribution >= 4 is 23.9 Å². The zero-order valence-corrected chi connectivity index (χ0v) is 37.9. The summed E-state index contributed by atoms with van der Waals surface area (Å²) >= 11 is 0. The van der Waals surface area contributed by atoms with Gasteiger partial charge in [0.2, 0.25) is 0 Å². The third-order valence-electron chi connectivity index (χ3n) is 11.5. The molecule has 0 fully saturated rings. The van der Waals surface area contributed by atoms with Gasteiger partial charge in [-0.05, 0) is 25.7 Å². The number of carboxylic acid groups (broad SMARTS) is 1. The van der Waals surface area contributed by atoms with E-state index in [9.17, 15) is 19.2 Å². The number of rotatable bonds is 44. The topological polar surface area (TPSA) is 116 Å². The predicted molar refractivity (Wildman–Crippen MR) is 235 cm³/mol. The highest BCUT2D eigenvalue weighted by atomic mass is 16.6. The third kappa shape index (κ3) is 39.1. The summed E-state index contributed by atoms with van der Waals surface area (Å²) in [6.07, 6.45) is 39.5. The minimum atomic E-state index is -0.820. The number of aliphatic carboxylic acids is 1. The van der Waals surface area contributed by atoms with Gasteiger partial charge in [0.1, 0.15) is 13.2 Å². The Balaban J connectivity index is 4.47. The molecular weight excluding hydrogens is 717 g/mol. The van der Waals surface area contributed by atoms with E-state index in [1.54, 1.807) is 6.92 Å². The normalized spacial score (nSPS) is 12.4. The number of hydrogen-bond acceptors (Lipinski definition) is 7. The largest absolute Gasteiger partial charge is 0.481 e. The highest BCUT2D eigenvalue weighted by Gasteiger charge is 2.23. The van der Waals surface area contributed by atoms with Crippen LogP contribution in [0.15, 0.2) is 0 Å². The second-order valence-electron chi connectivity index (χ2n) is 17.2. The number of esters is 3. The highest BCUT2D eigenvalue weighted by molar-refractivity contribution is 5.72. The number of ether oxygens (including phenoxy) is 3. The standard InChI is InChI=1S/C49H92O8/c1-5-7-9-11-13-15-17-19-21-23-25-31-35-39-46(50)55-41-45(57-49(54)44(4)38-34-30-28-27-29-33-37-43(3)48(52)53)42-56-47(51)40-36-32-26-24-22-20-18-16-14-12-10-8-6-2/h43-45H,5-42H2,1-4H3,(H,52,53). The van der Waals surface area contributed by atoms with Crippen molar-refractivity contribution in [3.05, 3.63) is 0 Å². The third-order valence-corrected chi connectivity index (χ3v) is 11.5. The van der Waals surface area contributed by atoms with Crippen molar-refractivity contribution in [1.29, 1.82) is 0 Å². The molecule has 8 heteroatoms. The first-order valence-electron chi connectivity index (χ1n) is 24.5. The Morgan fingerprint density at radius 1 is 0.404 bits per heavy atom. The van der Waals surface area contributed by atoms with Gasteiger partial charge in [0.25, 0.3) is 0 Å². The SMILES string of the molecule is CCCCCCCCCCCCCCCC(=O)OCC(COC(=O)CCCCCCCCCCCCCCC)OC(=O)C(C)CCCCCCCCC(C)C(=O)O. The average Bonchev–Trinajstić information content (AvgIpc) is 3.19. The van der Waals surface area contributed by atoms with Crippen molar-refractivity contribution in [2.24, 2.45) is 11.8 Å². The van der Waals surface area contributed by atoms with Gasteiger partial charge in [-0.15, -0.1) is 0 Å². The zero-order chi connectivity index (χ0) is 42.0. The highest BCUT2D eigenvalue weighted by Crippen LogP contribution is 2.18. The van der Waals surface area contributed by atoms with Gasteiger partial charge < -0.3 is 19.3 Å². The van der Waals surface area contributed by atoms with Gasteiger partial charge in [0, 0.05) is 12.8 Å². The molecule has 0 aromatic rings. The second-order valence-corrected chi connectivity index (χ2v) is 17.2. The second kappa shape index (κ2) is 42.0. The quantitative estimate of drug-likeness (QED) is 0.0367. The fourth-order valence-electron chi connectivity index (χ4n) is 7.34. The first-order chi connectivity index (χ1) is 27.7. The Labute approximate surface area is 351 Å². The van der Waals surface area contributed by atoms with Crippen LogP contribution in [-0.2, 0) is 33.4 Å². The molecule has 0 aromatic heterocycles. The first-order valence-corrected chi connectivity index (χ1v) is 24.5. The maximum atomic E-state index is 13.0. The van der Waals surface area contributed by atoms with Crippen molar-refractivity contribution in [1.82, 2.24) is 0 Å². The molecule has 0 heterocycles. The molecule has 8 nitrogen and oxygen atoms in total. The Morgan fingerprint density at radius 3 is 1.00 bits per heavy atom. The number of hydrogen-bond donors (Lipinski definition) is 1. The van der Waals surface area contributed by atoms with Crippen LogP contribution in [0.5, 0.6) is 0 Å². The summed E-state index contributed by atoms with van der Waals surface area (Å²) in [5.74, 6) is -2.30. The number of carboxylic acids is 1. The van der Waals surface area contributed by atoms with Crippen LogP contribution in [0, 0.1) is 11.8 Å². The van der Waals surface area contributed by atoms with Gasteiger partial charge in [-0.2, -0.15) is 0 Å². The van der Waals surface area contributed by atoms with E-state index < -0.39 is 12.1 Å². The molecule has 2 atom stereocenters. The molecule has 336 valence electrons. The van der Waals surface area contributed by atoms with Crippen LogP contribution in [0.25, 0.3) is 0 Å². The lowest BCUT2D eigenvalue weighted by Crippen LogP contribution is -2.32. The van der Waals surface area contributed by atoms with Crippen molar-refractivity contribution in [3.63, 3.8) is 0 Å². The van der Waals surface area contributed by atoms with Crippen LogP contribution in [0.2, 0.25) is 0 Å².